The Balaban J connectivity index is 1.87. The Bertz CT molecular complexity index is 554. The maximum atomic E-state index is 13.4. The van der Waals surface area contributed by atoms with E-state index in [1.807, 2.05) is 0 Å². The molecule has 24 heavy (non-hydrogen) atoms. The van der Waals surface area contributed by atoms with Crippen LogP contribution in [0.1, 0.15) is 25.0 Å². The van der Waals surface area contributed by atoms with Crippen LogP contribution in [-0.2, 0) is 13.2 Å². The van der Waals surface area contributed by atoms with Gasteiger partial charge in [-0.1, -0.05) is 19.9 Å². The first-order valence-electron chi connectivity index (χ1n) is 8.59. The first-order valence-corrected chi connectivity index (χ1v) is 8.59. The maximum Gasteiger partial charge on any atom is 0.194 e. The summed E-state index contributed by atoms with van der Waals surface area (Å²) < 4.78 is 13.4. The number of guanidine groups is 1. The molecule has 1 fully saturated rings. The van der Waals surface area contributed by atoms with Crippen LogP contribution < -0.4 is 5.32 Å². The Kier molecular flexibility index (Phi) is 6.99. The van der Waals surface area contributed by atoms with E-state index in [1.165, 1.54) is 6.07 Å². The Morgan fingerprint density at radius 2 is 2.00 bits per heavy atom. The molecule has 0 spiro atoms. The topological polar surface area (TPSA) is 51.1 Å². The van der Waals surface area contributed by atoms with Crippen molar-refractivity contribution < 1.29 is 9.50 Å². The molecule has 0 saturated carbocycles. The summed E-state index contributed by atoms with van der Waals surface area (Å²) in [4.78, 5) is 9.11. The predicted molar refractivity (Wildman–Crippen MR) is 95.4 cm³/mol. The zero-order valence-electron chi connectivity index (χ0n) is 14.9. The van der Waals surface area contributed by atoms with Gasteiger partial charge in [0.05, 0.1) is 6.61 Å². The third kappa shape index (κ3) is 5.18. The van der Waals surface area contributed by atoms with Gasteiger partial charge in [0.15, 0.2) is 5.96 Å². The lowest BCUT2D eigenvalue weighted by molar-refractivity contribution is 0.164. The van der Waals surface area contributed by atoms with Gasteiger partial charge in [-0.05, 0) is 23.6 Å². The van der Waals surface area contributed by atoms with E-state index in [9.17, 15) is 4.39 Å². The van der Waals surface area contributed by atoms with Crippen LogP contribution in [0, 0.1) is 11.7 Å². The molecule has 134 valence electrons. The van der Waals surface area contributed by atoms with Crippen LogP contribution in [0.15, 0.2) is 23.2 Å². The average molecular weight is 336 g/mol. The number of aliphatic hydroxyl groups is 1. The predicted octanol–water partition coefficient (Wildman–Crippen LogP) is 1.67. The Morgan fingerprint density at radius 3 is 2.58 bits per heavy atom. The van der Waals surface area contributed by atoms with Crippen LogP contribution in [0.4, 0.5) is 4.39 Å². The van der Waals surface area contributed by atoms with Crippen LogP contribution in [0.2, 0.25) is 0 Å². The van der Waals surface area contributed by atoms with E-state index in [4.69, 9.17) is 5.11 Å². The van der Waals surface area contributed by atoms with Crippen molar-refractivity contribution in [1.29, 1.82) is 0 Å². The van der Waals surface area contributed by atoms with Gasteiger partial charge in [-0.25, -0.2) is 4.39 Å². The molecule has 6 heteroatoms. The number of nitrogens with zero attached hydrogens (tertiary/aromatic N) is 3. The monoisotopic (exact) mass is 336 g/mol. The smallest absolute Gasteiger partial charge is 0.194 e. The zero-order valence-corrected chi connectivity index (χ0v) is 14.9. The molecule has 1 aromatic carbocycles. The highest BCUT2D eigenvalue weighted by Gasteiger charge is 2.19. The fraction of sp³-hybridized carbons (Fsp3) is 0.611. The lowest BCUT2D eigenvalue weighted by Gasteiger charge is -2.37. The summed E-state index contributed by atoms with van der Waals surface area (Å²) in [5, 5.41) is 12.5. The van der Waals surface area contributed by atoms with Gasteiger partial charge in [0.25, 0.3) is 0 Å². The SMILES string of the molecule is CN=C(NCc1ccc(F)c(CO)c1)N1CCN(CC(C)C)CC1. The summed E-state index contributed by atoms with van der Waals surface area (Å²) in [7, 11) is 1.78. The van der Waals surface area contributed by atoms with Crippen LogP contribution in [0.25, 0.3) is 0 Å². The average Bonchev–Trinajstić information content (AvgIpc) is 2.57. The lowest BCUT2D eigenvalue weighted by Crippen LogP contribution is -2.52. The third-order valence-corrected chi connectivity index (χ3v) is 4.24. The molecule has 5 nitrogen and oxygen atoms in total. The largest absolute Gasteiger partial charge is 0.392 e. The molecule has 0 aliphatic carbocycles. The van der Waals surface area contributed by atoms with E-state index in [2.05, 4.69) is 34.0 Å². The molecule has 1 aliphatic rings. The van der Waals surface area contributed by atoms with Gasteiger partial charge >= 0.3 is 0 Å². The molecule has 0 amide bonds. The van der Waals surface area contributed by atoms with Gasteiger partial charge < -0.3 is 15.3 Å². The number of halogens is 1. The fourth-order valence-electron chi connectivity index (χ4n) is 3.03. The van der Waals surface area contributed by atoms with Crippen LogP contribution in [-0.4, -0.2) is 60.6 Å². The number of nitrogens with one attached hydrogen (secondary N) is 1. The van der Waals surface area contributed by atoms with Crippen molar-refractivity contribution in [2.45, 2.75) is 27.0 Å². The summed E-state index contributed by atoms with van der Waals surface area (Å²) in [6.07, 6.45) is 0. The highest BCUT2D eigenvalue weighted by atomic mass is 19.1. The van der Waals surface area contributed by atoms with E-state index in [0.29, 0.717) is 18.0 Å². The minimum absolute atomic E-state index is 0.286. The molecule has 2 rings (SSSR count). The number of hydrogen-bond acceptors (Lipinski definition) is 3. The highest BCUT2D eigenvalue weighted by Crippen LogP contribution is 2.11. The van der Waals surface area contributed by atoms with Crippen LogP contribution in [0.5, 0.6) is 0 Å². The summed E-state index contributed by atoms with van der Waals surface area (Å²) in [6.45, 7) is 9.91. The van der Waals surface area contributed by atoms with Crippen molar-refractivity contribution in [3.05, 3.63) is 35.1 Å². The molecule has 1 saturated heterocycles. The minimum atomic E-state index is -0.369. The van der Waals surface area contributed by atoms with Crippen molar-refractivity contribution in [1.82, 2.24) is 15.1 Å². The normalized spacial score (nSPS) is 16.8. The molecule has 0 aromatic heterocycles. The Morgan fingerprint density at radius 1 is 1.29 bits per heavy atom. The van der Waals surface area contributed by atoms with Crippen LogP contribution >= 0.6 is 0 Å². The Labute approximate surface area is 144 Å². The van der Waals surface area contributed by atoms with E-state index in [-0.39, 0.29) is 12.4 Å². The molecule has 0 bridgehead atoms. The second-order valence-electron chi connectivity index (χ2n) is 6.67. The molecule has 1 aliphatic heterocycles. The zero-order chi connectivity index (χ0) is 17.5. The number of piperazine rings is 1. The van der Waals surface area contributed by atoms with E-state index in [0.717, 1.165) is 44.2 Å². The van der Waals surface area contributed by atoms with Crippen molar-refractivity contribution >= 4 is 5.96 Å². The number of aliphatic imine (C=N–C) groups is 1. The lowest BCUT2D eigenvalue weighted by atomic mass is 10.1. The molecule has 1 heterocycles. The molecule has 2 N–H and O–H groups in total. The molecule has 1 aromatic rings. The number of rotatable bonds is 5. The first-order chi connectivity index (χ1) is 11.5. The van der Waals surface area contributed by atoms with E-state index >= 15 is 0 Å². The summed E-state index contributed by atoms with van der Waals surface area (Å²) in [5.74, 6) is 1.19. The van der Waals surface area contributed by atoms with Gasteiger partial charge in [0.1, 0.15) is 5.82 Å². The van der Waals surface area contributed by atoms with Crippen molar-refractivity contribution in [2.24, 2.45) is 10.9 Å². The van der Waals surface area contributed by atoms with Gasteiger partial charge in [-0.15, -0.1) is 0 Å². The highest BCUT2D eigenvalue weighted by molar-refractivity contribution is 5.80. The molecule has 0 unspecified atom stereocenters. The van der Waals surface area contributed by atoms with E-state index < -0.39 is 0 Å². The molecular formula is C18H29FN4O. The quantitative estimate of drug-likeness (QED) is 0.634. The number of benzene rings is 1. The second kappa shape index (κ2) is 8.99. The third-order valence-electron chi connectivity index (χ3n) is 4.24. The van der Waals surface area contributed by atoms with Crippen molar-refractivity contribution in [3.8, 4) is 0 Å². The second-order valence-corrected chi connectivity index (χ2v) is 6.67. The standard InChI is InChI=1S/C18H29FN4O/c1-14(2)12-22-6-8-23(9-7-22)18(20-3)21-11-15-4-5-17(19)16(10-15)13-24/h4-5,10,14,24H,6-9,11-13H2,1-3H3,(H,20,21). The van der Waals surface area contributed by atoms with E-state index in [1.54, 1.807) is 19.2 Å². The van der Waals surface area contributed by atoms with Crippen LogP contribution in [0.3, 0.4) is 0 Å². The summed E-state index contributed by atoms with van der Waals surface area (Å²) in [5.41, 5.74) is 1.26. The van der Waals surface area contributed by atoms with Crippen molar-refractivity contribution in [3.63, 3.8) is 0 Å². The summed E-state index contributed by atoms with van der Waals surface area (Å²) in [6, 6.07) is 4.82. The maximum absolute atomic E-state index is 13.4. The van der Waals surface area contributed by atoms with Gasteiger partial charge in [0, 0.05) is 51.9 Å². The molecule has 0 radical (unpaired) electrons. The number of hydrogen-bond donors (Lipinski definition) is 2. The molecule has 0 atom stereocenters. The van der Waals surface area contributed by atoms with Gasteiger partial charge in [-0.2, -0.15) is 0 Å². The van der Waals surface area contributed by atoms with Crippen molar-refractivity contribution in [2.75, 3.05) is 39.8 Å². The number of aliphatic hydroxyl groups excluding tert-OH is 1. The fourth-order valence-corrected chi connectivity index (χ4v) is 3.03. The minimum Gasteiger partial charge on any atom is -0.392 e. The van der Waals surface area contributed by atoms with Gasteiger partial charge in [0.2, 0.25) is 0 Å². The summed E-state index contributed by atoms with van der Waals surface area (Å²) >= 11 is 0. The molecular weight excluding hydrogens is 307 g/mol. The Hall–Kier alpha value is -1.66. The van der Waals surface area contributed by atoms with Gasteiger partial charge in [-0.3, -0.25) is 9.89 Å². The first kappa shape index (κ1) is 18.7.